The molecule has 1 aromatic carbocycles. The van der Waals surface area contributed by atoms with Crippen LogP contribution < -0.4 is 5.43 Å². The predicted octanol–water partition coefficient (Wildman–Crippen LogP) is 0.696. The molecule has 0 atom stereocenters. The Morgan fingerprint density at radius 2 is 2.07 bits per heavy atom. The van der Waals surface area contributed by atoms with Crippen molar-refractivity contribution < 1.29 is 4.79 Å². The van der Waals surface area contributed by atoms with Crippen LogP contribution in [0.3, 0.4) is 0 Å². The zero-order valence-corrected chi connectivity index (χ0v) is 7.32. The molecule has 0 spiro atoms. The Hall–Kier alpha value is -1.97. The van der Waals surface area contributed by atoms with Gasteiger partial charge in [-0.25, -0.2) is 4.99 Å². The van der Waals surface area contributed by atoms with Crippen molar-refractivity contribution in [3.05, 3.63) is 34.4 Å². The monoisotopic (exact) mass is 185 g/mol. The third-order valence-electron chi connectivity index (χ3n) is 2.47. The van der Waals surface area contributed by atoms with Crippen molar-refractivity contribution in [2.75, 3.05) is 0 Å². The van der Waals surface area contributed by atoms with Crippen LogP contribution in [0.4, 0.5) is 0 Å². The zero-order valence-electron chi connectivity index (χ0n) is 7.32. The molecule has 1 aromatic rings. The molecule has 2 aliphatic rings. The largest absolute Gasteiger partial charge is 0.306 e. The minimum Gasteiger partial charge on any atom is -0.306 e. The van der Waals surface area contributed by atoms with E-state index in [9.17, 15) is 4.79 Å². The molecule has 0 aliphatic carbocycles. The number of amides is 1. The summed E-state index contributed by atoms with van der Waals surface area (Å²) in [4.78, 5) is 15.2. The van der Waals surface area contributed by atoms with Crippen molar-refractivity contribution in [2.45, 2.75) is 6.54 Å². The highest BCUT2D eigenvalue weighted by Gasteiger charge is 2.22. The SMILES string of the molecule is O=C1N=Cc2ccc3c(c21)CNN=C3. The first kappa shape index (κ1) is 7.44. The van der Waals surface area contributed by atoms with Crippen LogP contribution in [0.25, 0.3) is 0 Å². The Balaban J connectivity index is 2.31. The molecule has 14 heavy (non-hydrogen) atoms. The molecule has 0 fully saturated rings. The fourth-order valence-corrected chi connectivity index (χ4v) is 1.79. The van der Waals surface area contributed by atoms with E-state index in [0.29, 0.717) is 6.54 Å². The average Bonchev–Trinajstić information content (AvgIpc) is 2.61. The summed E-state index contributed by atoms with van der Waals surface area (Å²) in [7, 11) is 0. The van der Waals surface area contributed by atoms with Gasteiger partial charge in [-0.15, -0.1) is 0 Å². The van der Waals surface area contributed by atoms with E-state index in [4.69, 9.17) is 0 Å². The lowest BCUT2D eigenvalue weighted by Gasteiger charge is -2.13. The molecule has 2 aliphatic heterocycles. The van der Waals surface area contributed by atoms with Crippen molar-refractivity contribution in [1.29, 1.82) is 0 Å². The fourth-order valence-electron chi connectivity index (χ4n) is 1.79. The molecule has 0 saturated carbocycles. The number of nitrogens with one attached hydrogen (secondary N) is 1. The number of carbonyl (C=O) groups excluding carboxylic acids is 1. The van der Waals surface area contributed by atoms with Crippen LogP contribution in [0.2, 0.25) is 0 Å². The van der Waals surface area contributed by atoms with Crippen LogP contribution in [0, 0.1) is 0 Å². The number of aliphatic imine (C=N–C) groups is 1. The van der Waals surface area contributed by atoms with Gasteiger partial charge in [0, 0.05) is 17.3 Å². The maximum absolute atomic E-state index is 11.5. The number of rotatable bonds is 0. The Labute approximate surface area is 80.4 Å². The van der Waals surface area contributed by atoms with Gasteiger partial charge in [-0.05, 0) is 5.56 Å². The van der Waals surface area contributed by atoms with Crippen LogP contribution in [-0.2, 0) is 6.54 Å². The fraction of sp³-hybridized carbons (Fsp3) is 0.100. The van der Waals surface area contributed by atoms with E-state index in [-0.39, 0.29) is 5.91 Å². The van der Waals surface area contributed by atoms with E-state index >= 15 is 0 Å². The average molecular weight is 185 g/mol. The molecule has 0 aromatic heterocycles. The highest BCUT2D eigenvalue weighted by Crippen LogP contribution is 2.23. The molecule has 1 N–H and O–H groups in total. The number of hydrazone groups is 1. The molecule has 68 valence electrons. The molecule has 4 nitrogen and oxygen atoms in total. The Bertz CT molecular complexity index is 488. The zero-order chi connectivity index (χ0) is 9.54. The first-order valence-corrected chi connectivity index (χ1v) is 4.36. The van der Waals surface area contributed by atoms with Crippen LogP contribution >= 0.6 is 0 Å². The van der Waals surface area contributed by atoms with Crippen LogP contribution in [0.5, 0.6) is 0 Å². The van der Waals surface area contributed by atoms with Gasteiger partial charge in [0.25, 0.3) is 5.91 Å². The van der Waals surface area contributed by atoms with Gasteiger partial charge < -0.3 is 5.43 Å². The Morgan fingerprint density at radius 3 is 3.00 bits per heavy atom. The second-order valence-electron chi connectivity index (χ2n) is 3.25. The lowest BCUT2D eigenvalue weighted by atomic mass is 9.97. The number of nitrogens with zero attached hydrogens (tertiary/aromatic N) is 2. The maximum Gasteiger partial charge on any atom is 0.278 e. The van der Waals surface area contributed by atoms with Crippen molar-refractivity contribution >= 4 is 18.3 Å². The standard InChI is InChI=1S/C10H7N3O/c14-10-9-7(3-11-10)2-1-6-4-12-13-5-8(6)9/h1-4,13H,5H2. The van der Waals surface area contributed by atoms with Gasteiger partial charge in [0.15, 0.2) is 0 Å². The topological polar surface area (TPSA) is 53.8 Å². The molecular weight excluding hydrogens is 178 g/mol. The van der Waals surface area contributed by atoms with Gasteiger partial charge in [-0.3, -0.25) is 4.79 Å². The number of hydrogen-bond acceptors (Lipinski definition) is 3. The predicted molar refractivity (Wildman–Crippen MR) is 52.8 cm³/mol. The highest BCUT2D eigenvalue weighted by atomic mass is 16.1. The van der Waals surface area contributed by atoms with E-state index < -0.39 is 0 Å². The Kier molecular flexibility index (Phi) is 1.33. The van der Waals surface area contributed by atoms with E-state index in [1.807, 2.05) is 12.1 Å². The molecule has 3 rings (SSSR count). The van der Waals surface area contributed by atoms with Gasteiger partial charge in [-0.1, -0.05) is 12.1 Å². The van der Waals surface area contributed by atoms with E-state index in [0.717, 1.165) is 22.3 Å². The molecule has 1 amide bonds. The molecule has 0 saturated heterocycles. The van der Waals surface area contributed by atoms with Crippen molar-refractivity contribution in [3.63, 3.8) is 0 Å². The van der Waals surface area contributed by atoms with Crippen LogP contribution in [0.15, 0.2) is 22.2 Å². The summed E-state index contributed by atoms with van der Waals surface area (Å²) < 4.78 is 0. The lowest BCUT2D eigenvalue weighted by molar-refractivity contribution is 0.101. The van der Waals surface area contributed by atoms with Gasteiger partial charge >= 0.3 is 0 Å². The quantitative estimate of drug-likeness (QED) is 0.646. The molecule has 0 unspecified atom stereocenters. The van der Waals surface area contributed by atoms with Crippen LogP contribution in [-0.4, -0.2) is 18.3 Å². The highest BCUT2D eigenvalue weighted by molar-refractivity contribution is 6.14. The Morgan fingerprint density at radius 1 is 1.21 bits per heavy atom. The minimum absolute atomic E-state index is 0.144. The number of hydrogen-bond donors (Lipinski definition) is 1. The van der Waals surface area contributed by atoms with E-state index in [2.05, 4.69) is 15.5 Å². The minimum atomic E-state index is -0.144. The third kappa shape index (κ3) is 0.849. The van der Waals surface area contributed by atoms with Crippen molar-refractivity contribution in [1.82, 2.24) is 5.43 Å². The van der Waals surface area contributed by atoms with Crippen molar-refractivity contribution in [3.8, 4) is 0 Å². The molecular formula is C10H7N3O. The maximum atomic E-state index is 11.5. The van der Waals surface area contributed by atoms with Crippen molar-refractivity contribution in [2.24, 2.45) is 10.1 Å². The lowest BCUT2D eigenvalue weighted by Crippen LogP contribution is -2.17. The van der Waals surface area contributed by atoms with Gasteiger partial charge in [0.05, 0.1) is 18.3 Å². The second-order valence-corrected chi connectivity index (χ2v) is 3.25. The summed E-state index contributed by atoms with van der Waals surface area (Å²) >= 11 is 0. The van der Waals surface area contributed by atoms with E-state index in [1.165, 1.54) is 0 Å². The molecule has 2 heterocycles. The van der Waals surface area contributed by atoms with Gasteiger partial charge in [0.1, 0.15) is 0 Å². The van der Waals surface area contributed by atoms with Gasteiger partial charge in [0.2, 0.25) is 0 Å². The molecule has 4 heteroatoms. The summed E-state index contributed by atoms with van der Waals surface area (Å²) in [6, 6.07) is 3.86. The number of fused-ring (bicyclic) bond motifs is 3. The third-order valence-corrected chi connectivity index (χ3v) is 2.47. The second kappa shape index (κ2) is 2.51. The summed E-state index contributed by atoms with van der Waals surface area (Å²) in [6.45, 7) is 0.601. The van der Waals surface area contributed by atoms with E-state index in [1.54, 1.807) is 12.4 Å². The summed E-state index contributed by atoms with van der Waals surface area (Å²) in [5.41, 5.74) is 6.49. The molecule has 0 radical (unpaired) electrons. The summed E-state index contributed by atoms with van der Waals surface area (Å²) in [5, 5.41) is 3.94. The van der Waals surface area contributed by atoms with Crippen LogP contribution in [0.1, 0.15) is 27.0 Å². The summed E-state index contributed by atoms with van der Waals surface area (Å²) in [6.07, 6.45) is 3.34. The normalized spacial score (nSPS) is 16.4. The molecule has 0 bridgehead atoms. The number of benzene rings is 1. The first-order valence-electron chi connectivity index (χ1n) is 4.36. The van der Waals surface area contributed by atoms with Gasteiger partial charge in [-0.2, -0.15) is 5.10 Å². The smallest absolute Gasteiger partial charge is 0.278 e. The number of carbonyl (C=O) groups is 1. The summed E-state index contributed by atoms with van der Waals surface area (Å²) in [5.74, 6) is -0.144. The first-order chi connectivity index (χ1) is 6.86.